The van der Waals surface area contributed by atoms with Crippen molar-refractivity contribution in [3.63, 3.8) is 0 Å². The predicted octanol–water partition coefficient (Wildman–Crippen LogP) is 0.702. The molecule has 1 heterocycles. The Kier molecular flexibility index (Phi) is 4.23. The van der Waals surface area contributed by atoms with Crippen LogP contribution in [0.5, 0.6) is 0 Å². The fourth-order valence-electron chi connectivity index (χ4n) is 1.95. The number of hydrogen-bond donors (Lipinski definition) is 3. The van der Waals surface area contributed by atoms with E-state index in [0.29, 0.717) is 17.4 Å². The summed E-state index contributed by atoms with van der Waals surface area (Å²) in [7, 11) is 0. The Morgan fingerprint density at radius 2 is 2.15 bits per heavy atom. The second kappa shape index (κ2) is 5.75. The van der Waals surface area contributed by atoms with E-state index in [2.05, 4.69) is 15.3 Å². The number of carbonyl (C=O) groups is 1. The van der Waals surface area contributed by atoms with Crippen LogP contribution in [-0.2, 0) is 0 Å². The summed E-state index contributed by atoms with van der Waals surface area (Å²) in [6.45, 7) is 5.51. The van der Waals surface area contributed by atoms with Crippen molar-refractivity contribution in [1.29, 1.82) is 0 Å². The highest BCUT2D eigenvalue weighted by atomic mass is 16.3. The van der Waals surface area contributed by atoms with Crippen LogP contribution in [0.4, 0.5) is 0 Å². The molecule has 0 radical (unpaired) electrons. The van der Waals surface area contributed by atoms with E-state index in [1.165, 1.54) is 0 Å². The zero-order valence-electron chi connectivity index (χ0n) is 12.1. The van der Waals surface area contributed by atoms with Crippen LogP contribution >= 0.6 is 0 Å². The van der Waals surface area contributed by atoms with Gasteiger partial charge in [-0.2, -0.15) is 0 Å². The number of aromatic amines is 1. The summed E-state index contributed by atoms with van der Waals surface area (Å²) in [5.74, 6) is 0.566. The number of aliphatic hydroxyl groups is 1. The van der Waals surface area contributed by atoms with Crippen molar-refractivity contribution >= 4 is 5.91 Å². The summed E-state index contributed by atoms with van der Waals surface area (Å²) < 4.78 is 0. The van der Waals surface area contributed by atoms with Crippen molar-refractivity contribution < 1.29 is 9.90 Å². The van der Waals surface area contributed by atoms with Crippen molar-refractivity contribution in [2.24, 2.45) is 5.92 Å². The molecule has 20 heavy (non-hydrogen) atoms. The van der Waals surface area contributed by atoms with Crippen LogP contribution in [-0.4, -0.2) is 33.6 Å². The monoisotopic (exact) mass is 279 g/mol. The molecule has 1 aromatic rings. The molecule has 2 rings (SSSR count). The molecule has 1 saturated carbocycles. The van der Waals surface area contributed by atoms with Gasteiger partial charge in [0.05, 0.1) is 11.8 Å². The first-order chi connectivity index (χ1) is 9.40. The minimum atomic E-state index is -0.628. The molecule has 1 amide bonds. The second-order valence-corrected chi connectivity index (χ2v) is 5.71. The van der Waals surface area contributed by atoms with Crippen LogP contribution in [0, 0.1) is 12.8 Å². The summed E-state index contributed by atoms with van der Waals surface area (Å²) in [6.07, 6.45) is 1.44. The first-order valence-corrected chi connectivity index (χ1v) is 6.97. The maximum absolute atomic E-state index is 12.0. The van der Waals surface area contributed by atoms with Gasteiger partial charge in [-0.05, 0) is 25.7 Å². The lowest BCUT2D eigenvalue weighted by Gasteiger charge is -2.15. The third kappa shape index (κ3) is 3.25. The zero-order chi connectivity index (χ0) is 14.9. The van der Waals surface area contributed by atoms with Gasteiger partial charge in [0.25, 0.3) is 11.5 Å². The average Bonchev–Trinajstić information content (AvgIpc) is 3.18. The highest BCUT2D eigenvalue weighted by Gasteiger charge is 2.28. The number of amides is 1. The van der Waals surface area contributed by atoms with Gasteiger partial charge in [0.2, 0.25) is 0 Å². The molecule has 0 saturated heterocycles. The van der Waals surface area contributed by atoms with E-state index in [1.807, 2.05) is 13.8 Å². The molecular weight excluding hydrogens is 258 g/mol. The van der Waals surface area contributed by atoms with E-state index < -0.39 is 17.6 Å². The minimum Gasteiger partial charge on any atom is -0.391 e. The summed E-state index contributed by atoms with van der Waals surface area (Å²) in [5.41, 5.74) is 0.0634. The van der Waals surface area contributed by atoms with E-state index in [4.69, 9.17) is 0 Å². The Bertz CT molecular complexity index is 561. The Morgan fingerprint density at radius 1 is 1.50 bits per heavy atom. The molecule has 1 aliphatic carbocycles. The number of aliphatic hydroxyl groups excluding tert-OH is 1. The van der Waals surface area contributed by atoms with Crippen LogP contribution in [0.3, 0.4) is 0 Å². The van der Waals surface area contributed by atoms with Gasteiger partial charge in [0.15, 0.2) is 0 Å². The standard InChI is InChI=1S/C14H21N3O3/c1-7(2)10(18)6-15-13(19)11-8(3)16-12(9-4-5-9)17-14(11)20/h7,9-10,18H,4-6H2,1-3H3,(H,15,19)(H,16,17,20). The average molecular weight is 279 g/mol. The number of nitrogens with one attached hydrogen (secondary N) is 2. The highest BCUT2D eigenvalue weighted by molar-refractivity contribution is 5.94. The number of aryl methyl sites for hydroxylation is 1. The van der Waals surface area contributed by atoms with Gasteiger partial charge in [-0.15, -0.1) is 0 Å². The van der Waals surface area contributed by atoms with Crippen molar-refractivity contribution in [2.75, 3.05) is 6.54 Å². The molecule has 1 aromatic heterocycles. The molecule has 0 spiro atoms. The summed E-state index contributed by atoms with van der Waals surface area (Å²) in [5, 5.41) is 12.2. The van der Waals surface area contributed by atoms with E-state index in [0.717, 1.165) is 12.8 Å². The van der Waals surface area contributed by atoms with Gasteiger partial charge >= 0.3 is 0 Å². The van der Waals surface area contributed by atoms with Crippen LogP contribution in [0.15, 0.2) is 4.79 Å². The van der Waals surface area contributed by atoms with Crippen molar-refractivity contribution in [2.45, 2.75) is 45.6 Å². The lowest BCUT2D eigenvalue weighted by Crippen LogP contribution is -2.38. The minimum absolute atomic E-state index is 0.0327. The fourth-order valence-corrected chi connectivity index (χ4v) is 1.95. The number of rotatable bonds is 5. The Morgan fingerprint density at radius 3 is 2.65 bits per heavy atom. The van der Waals surface area contributed by atoms with Crippen molar-refractivity contribution in [1.82, 2.24) is 15.3 Å². The molecule has 3 N–H and O–H groups in total. The molecule has 6 heteroatoms. The number of carbonyl (C=O) groups excluding carboxylic acids is 1. The van der Waals surface area contributed by atoms with Gasteiger partial charge in [-0.25, -0.2) is 4.98 Å². The van der Waals surface area contributed by atoms with Crippen LogP contribution in [0.2, 0.25) is 0 Å². The molecule has 0 aromatic carbocycles. The molecule has 1 aliphatic rings. The molecule has 1 fully saturated rings. The number of hydrogen-bond acceptors (Lipinski definition) is 4. The Labute approximate surface area is 117 Å². The van der Waals surface area contributed by atoms with Gasteiger partial charge in [-0.1, -0.05) is 13.8 Å². The topological polar surface area (TPSA) is 95.1 Å². The third-order valence-corrected chi connectivity index (χ3v) is 3.55. The Balaban J connectivity index is 2.11. The molecular formula is C14H21N3O3. The maximum Gasteiger partial charge on any atom is 0.264 e. The fraction of sp³-hybridized carbons (Fsp3) is 0.643. The van der Waals surface area contributed by atoms with E-state index in [9.17, 15) is 14.7 Å². The quantitative estimate of drug-likeness (QED) is 0.739. The van der Waals surface area contributed by atoms with E-state index in [-0.39, 0.29) is 18.0 Å². The number of H-pyrrole nitrogens is 1. The largest absolute Gasteiger partial charge is 0.391 e. The molecule has 1 atom stereocenters. The van der Waals surface area contributed by atoms with Gasteiger partial charge in [0.1, 0.15) is 11.4 Å². The van der Waals surface area contributed by atoms with E-state index >= 15 is 0 Å². The molecule has 110 valence electrons. The first kappa shape index (κ1) is 14.7. The Hall–Kier alpha value is -1.69. The van der Waals surface area contributed by atoms with Crippen molar-refractivity contribution in [3.05, 3.63) is 27.4 Å². The van der Waals surface area contributed by atoms with Gasteiger partial charge < -0.3 is 15.4 Å². The van der Waals surface area contributed by atoms with E-state index in [1.54, 1.807) is 6.92 Å². The van der Waals surface area contributed by atoms with Crippen molar-refractivity contribution in [3.8, 4) is 0 Å². The SMILES string of the molecule is Cc1nc(C2CC2)[nH]c(=O)c1C(=O)NCC(O)C(C)C. The second-order valence-electron chi connectivity index (χ2n) is 5.71. The molecule has 1 unspecified atom stereocenters. The summed E-state index contributed by atoms with van der Waals surface area (Å²) in [6, 6.07) is 0. The first-order valence-electron chi connectivity index (χ1n) is 6.97. The smallest absolute Gasteiger partial charge is 0.264 e. The van der Waals surface area contributed by atoms with Crippen LogP contribution in [0.25, 0.3) is 0 Å². The lowest BCUT2D eigenvalue weighted by molar-refractivity contribution is 0.0869. The van der Waals surface area contributed by atoms with Crippen LogP contribution < -0.4 is 10.9 Å². The van der Waals surface area contributed by atoms with Gasteiger partial charge in [0, 0.05) is 12.5 Å². The number of nitrogens with zero attached hydrogens (tertiary/aromatic N) is 1. The molecule has 0 aliphatic heterocycles. The molecule has 6 nitrogen and oxygen atoms in total. The summed E-state index contributed by atoms with van der Waals surface area (Å²) >= 11 is 0. The third-order valence-electron chi connectivity index (χ3n) is 3.55. The summed E-state index contributed by atoms with van der Waals surface area (Å²) in [4.78, 5) is 31.0. The number of aromatic nitrogens is 2. The zero-order valence-corrected chi connectivity index (χ0v) is 12.1. The predicted molar refractivity (Wildman–Crippen MR) is 74.7 cm³/mol. The maximum atomic E-state index is 12.0. The highest BCUT2D eigenvalue weighted by Crippen LogP contribution is 2.37. The van der Waals surface area contributed by atoms with Crippen LogP contribution in [0.1, 0.15) is 54.5 Å². The normalized spacial score (nSPS) is 16.2. The van der Waals surface area contributed by atoms with Gasteiger partial charge in [-0.3, -0.25) is 9.59 Å². The molecule has 0 bridgehead atoms. The lowest BCUT2D eigenvalue weighted by atomic mass is 10.1.